The van der Waals surface area contributed by atoms with Gasteiger partial charge in [0.25, 0.3) is 0 Å². The summed E-state index contributed by atoms with van der Waals surface area (Å²) in [6.45, 7) is 5.25. The van der Waals surface area contributed by atoms with E-state index in [0.29, 0.717) is 16.8 Å². The molecule has 0 fully saturated rings. The lowest BCUT2D eigenvalue weighted by Crippen LogP contribution is -2.11. The van der Waals surface area contributed by atoms with E-state index in [4.69, 9.17) is 11.6 Å². The molecule has 0 amide bonds. The molecule has 11 heavy (non-hydrogen) atoms. The van der Waals surface area contributed by atoms with E-state index < -0.39 is 0 Å². The molecule has 0 unspecified atom stereocenters. The second-order valence-corrected chi connectivity index (χ2v) is 2.59. The number of allylic oxidation sites excluding steroid dienone is 3. The Morgan fingerprint density at radius 2 is 2.36 bits per heavy atom. The Morgan fingerprint density at radius 3 is 2.91 bits per heavy atom. The van der Waals surface area contributed by atoms with Crippen LogP contribution >= 0.6 is 11.6 Å². The van der Waals surface area contributed by atoms with Gasteiger partial charge in [-0.1, -0.05) is 6.58 Å². The molecular formula is C8H8ClNO. The van der Waals surface area contributed by atoms with Gasteiger partial charge < -0.3 is 0 Å². The van der Waals surface area contributed by atoms with Crippen molar-refractivity contribution in [1.82, 2.24) is 0 Å². The molecule has 0 aromatic heterocycles. The highest BCUT2D eigenvalue weighted by Crippen LogP contribution is 2.16. The van der Waals surface area contributed by atoms with Crippen molar-refractivity contribution in [3.8, 4) is 0 Å². The summed E-state index contributed by atoms with van der Waals surface area (Å²) in [5.74, 6) is 0.220. The molecule has 0 saturated heterocycles. The molecule has 0 saturated carbocycles. The zero-order chi connectivity index (χ0) is 8.43. The third-order valence-corrected chi connectivity index (χ3v) is 1.82. The molecule has 0 N–H and O–H groups in total. The summed E-state index contributed by atoms with van der Waals surface area (Å²) in [6.07, 6.45) is 1.45. The standard InChI is InChI=1S/C8H8ClNO/c1-5-4-10-7(3-9)6(2)8(5)11/h4H,1,3H2,2H3. The number of rotatable bonds is 1. The zero-order valence-electron chi connectivity index (χ0n) is 6.22. The second-order valence-electron chi connectivity index (χ2n) is 2.32. The van der Waals surface area contributed by atoms with E-state index in [1.807, 2.05) is 0 Å². The van der Waals surface area contributed by atoms with Crippen LogP contribution in [0.4, 0.5) is 0 Å². The van der Waals surface area contributed by atoms with Crippen LogP contribution in [0, 0.1) is 0 Å². The third-order valence-electron chi connectivity index (χ3n) is 1.57. The highest BCUT2D eigenvalue weighted by Gasteiger charge is 2.15. The lowest BCUT2D eigenvalue weighted by Gasteiger charge is -2.08. The smallest absolute Gasteiger partial charge is 0.191 e. The Morgan fingerprint density at radius 1 is 1.73 bits per heavy atom. The van der Waals surface area contributed by atoms with Crippen molar-refractivity contribution in [3.05, 3.63) is 23.4 Å². The number of alkyl halides is 1. The van der Waals surface area contributed by atoms with E-state index in [9.17, 15) is 4.79 Å². The first-order valence-electron chi connectivity index (χ1n) is 3.20. The number of carbonyl (C=O) groups excluding carboxylic acids is 1. The van der Waals surface area contributed by atoms with Crippen LogP contribution in [0.5, 0.6) is 0 Å². The molecule has 3 heteroatoms. The Labute approximate surface area is 70.3 Å². The number of carbonyl (C=O) groups is 1. The van der Waals surface area contributed by atoms with Crippen LogP contribution in [0.2, 0.25) is 0 Å². The van der Waals surface area contributed by atoms with E-state index in [2.05, 4.69) is 11.6 Å². The van der Waals surface area contributed by atoms with Gasteiger partial charge in [0.05, 0.1) is 11.6 Å². The van der Waals surface area contributed by atoms with Gasteiger partial charge in [-0.2, -0.15) is 0 Å². The maximum Gasteiger partial charge on any atom is 0.191 e. The SMILES string of the molecule is C=C1C=NC(CCl)=C(C)C1=O. The average Bonchev–Trinajstić information content (AvgIpc) is 2.01. The highest BCUT2D eigenvalue weighted by molar-refractivity contribution is 6.25. The molecule has 1 aliphatic heterocycles. The zero-order valence-corrected chi connectivity index (χ0v) is 6.98. The molecule has 1 aliphatic rings. The molecule has 0 aromatic rings. The first-order chi connectivity index (χ1) is 5.16. The predicted molar refractivity (Wildman–Crippen MR) is 46.1 cm³/mol. The first-order valence-corrected chi connectivity index (χ1v) is 3.73. The van der Waals surface area contributed by atoms with E-state index in [-0.39, 0.29) is 11.7 Å². The fourth-order valence-electron chi connectivity index (χ4n) is 0.818. The van der Waals surface area contributed by atoms with Crippen LogP contribution in [0.25, 0.3) is 0 Å². The Bertz CT molecular complexity index is 276. The van der Waals surface area contributed by atoms with Gasteiger partial charge in [-0.15, -0.1) is 11.6 Å². The van der Waals surface area contributed by atoms with Crippen molar-refractivity contribution in [3.63, 3.8) is 0 Å². The van der Waals surface area contributed by atoms with Gasteiger partial charge in [0, 0.05) is 17.4 Å². The van der Waals surface area contributed by atoms with Crippen molar-refractivity contribution in [2.45, 2.75) is 6.92 Å². The van der Waals surface area contributed by atoms with Gasteiger partial charge in [0.2, 0.25) is 0 Å². The van der Waals surface area contributed by atoms with Crippen LogP contribution in [-0.4, -0.2) is 17.9 Å². The molecule has 1 rings (SSSR count). The summed E-state index contributed by atoms with van der Waals surface area (Å²) < 4.78 is 0. The summed E-state index contributed by atoms with van der Waals surface area (Å²) in [6, 6.07) is 0. The quantitative estimate of drug-likeness (QED) is 0.434. The van der Waals surface area contributed by atoms with Gasteiger partial charge in [-0.05, 0) is 6.92 Å². The lowest BCUT2D eigenvalue weighted by molar-refractivity contribution is -0.111. The molecule has 2 nitrogen and oxygen atoms in total. The van der Waals surface area contributed by atoms with Crippen LogP contribution in [0.3, 0.4) is 0 Å². The summed E-state index contributed by atoms with van der Waals surface area (Å²) >= 11 is 5.53. The van der Waals surface area contributed by atoms with Crippen LogP contribution in [0.15, 0.2) is 28.4 Å². The van der Waals surface area contributed by atoms with Crippen LogP contribution < -0.4 is 0 Å². The van der Waals surface area contributed by atoms with E-state index >= 15 is 0 Å². The molecule has 0 radical (unpaired) electrons. The van der Waals surface area contributed by atoms with Gasteiger partial charge in [0.1, 0.15) is 0 Å². The van der Waals surface area contributed by atoms with Crippen molar-refractivity contribution in [1.29, 1.82) is 0 Å². The Kier molecular flexibility index (Phi) is 2.25. The van der Waals surface area contributed by atoms with Crippen molar-refractivity contribution in [2.24, 2.45) is 4.99 Å². The van der Waals surface area contributed by atoms with Gasteiger partial charge >= 0.3 is 0 Å². The fraction of sp³-hybridized carbons (Fsp3) is 0.250. The maximum atomic E-state index is 11.2. The number of ketones is 1. The van der Waals surface area contributed by atoms with E-state index in [1.165, 1.54) is 6.21 Å². The summed E-state index contributed by atoms with van der Waals surface area (Å²) in [7, 11) is 0. The number of aliphatic imine (C=N–C) groups is 1. The van der Waals surface area contributed by atoms with E-state index in [1.54, 1.807) is 6.92 Å². The van der Waals surface area contributed by atoms with Crippen LogP contribution in [0.1, 0.15) is 6.92 Å². The van der Waals surface area contributed by atoms with Crippen LogP contribution in [-0.2, 0) is 4.79 Å². The molecule has 1 heterocycles. The average molecular weight is 170 g/mol. The van der Waals surface area contributed by atoms with E-state index in [0.717, 1.165) is 0 Å². The summed E-state index contributed by atoms with van der Waals surface area (Å²) in [5, 5.41) is 0. The monoisotopic (exact) mass is 169 g/mol. The number of nitrogens with zero attached hydrogens (tertiary/aromatic N) is 1. The molecule has 0 aliphatic carbocycles. The van der Waals surface area contributed by atoms with Gasteiger partial charge in [-0.3, -0.25) is 9.79 Å². The number of Topliss-reactive ketones (excluding diaryl/α,β-unsaturated/α-hetero) is 1. The maximum absolute atomic E-state index is 11.2. The number of hydrogen-bond donors (Lipinski definition) is 0. The van der Waals surface area contributed by atoms with Crippen molar-refractivity contribution in [2.75, 3.05) is 5.88 Å². The normalized spacial score (nSPS) is 18.0. The molecule has 58 valence electrons. The van der Waals surface area contributed by atoms with Crippen molar-refractivity contribution < 1.29 is 4.79 Å². The summed E-state index contributed by atoms with van der Waals surface area (Å²) in [4.78, 5) is 15.1. The molecular weight excluding hydrogens is 162 g/mol. The van der Waals surface area contributed by atoms with Gasteiger partial charge in [0.15, 0.2) is 5.78 Å². The minimum absolute atomic E-state index is 0.0596. The lowest BCUT2D eigenvalue weighted by atomic mass is 10.0. The molecule has 0 spiro atoms. The first kappa shape index (κ1) is 8.21. The molecule has 0 atom stereocenters. The summed E-state index contributed by atoms with van der Waals surface area (Å²) in [5.41, 5.74) is 1.67. The number of hydrogen-bond acceptors (Lipinski definition) is 2. The minimum Gasteiger partial charge on any atom is -0.289 e. The predicted octanol–water partition coefficient (Wildman–Crippen LogP) is 1.71. The highest BCUT2D eigenvalue weighted by atomic mass is 35.5. The molecule has 0 bridgehead atoms. The largest absolute Gasteiger partial charge is 0.289 e. The third kappa shape index (κ3) is 1.40. The topological polar surface area (TPSA) is 29.4 Å². The number of halogens is 1. The minimum atomic E-state index is -0.0596. The molecule has 0 aromatic carbocycles. The van der Waals surface area contributed by atoms with Gasteiger partial charge in [-0.25, -0.2) is 0 Å². The second kappa shape index (κ2) is 3.01. The van der Waals surface area contributed by atoms with Crippen molar-refractivity contribution >= 4 is 23.6 Å². The Hall–Kier alpha value is -0.890. The Balaban J connectivity index is 3.06. The fourth-order valence-corrected chi connectivity index (χ4v) is 1.09.